The van der Waals surface area contributed by atoms with Crippen LogP contribution in [0.3, 0.4) is 0 Å². The highest BCUT2D eigenvalue weighted by Crippen LogP contribution is 2.28. The SMILES string of the molecule is COC(=O)c1cc(=O)oc2cc(C)cc(O)c12. The highest BCUT2D eigenvalue weighted by atomic mass is 16.5. The summed E-state index contributed by atoms with van der Waals surface area (Å²) in [6.07, 6.45) is 0. The van der Waals surface area contributed by atoms with E-state index in [1.54, 1.807) is 13.0 Å². The average Bonchev–Trinajstić information content (AvgIpc) is 2.25. The van der Waals surface area contributed by atoms with Crippen molar-refractivity contribution < 1.29 is 19.1 Å². The summed E-state index contributed by atoms with van der Waals surface area (Å²) in [5, 5.41) is 9.98. The molecule has 1 aromatic heterocycles. The molecule has 0 spiro atoms. The van der Waals surface area contributed by atoms with Crippen molar-refractivity contribution in [2.45, 2.75) is 6.92 Å². The van der Waals surface area contributed by atoms with Gasteiger partial charge in [0.05, 0.1) is 18.1 Å². The quantitative estimate of drug-likeness (QED) is 0.599. The normalized spacial score (nSPS) is 10.5. The van der Waals surface area contributed by atoms with E-state index in [-0.39, 0.29) is 22.3 Å². The summed E-state index contributed by atoms with van der Waals surface area (Å²) in [6, 6.07) is 4.06. The summed E-state index contributed by atoms with van der Waals surface area (Å²) < 4.78 is 9.49. The van der Waals surface area contributed by atoms with Gasteiger partial charge in [-0.3, -0.25) is 0 Å². The molecule has 0 saturated heterocycles. The third kappa shape index (κ3) is 1.87. The smallest absolute Gasteiger partial charge is 0.339 e. The molecule has 1 N–H and O–H groups in total. The topological polar surface area (TPSA) is 76.7 Å². The molecule has 2 rings (SSSR count). The van der Waals surface area contributed by atoms with Gasteiger partial charge >= 0.3 is 11.6 Å². The van der Waals surface area contributed by atoms with Crippen molar-refractivity contribution >= 4 is 16.9 Å². The number of phenols is 1. The van der Waals surface area contributed by atoms with Gasteiger partial charge < -0.3 is 14.3 Å². The number of benzene rings is 1. The first-order chi connectivity index (χ1) is 8.02. The molecule has 0 aliphatic rings. The molecule has 0 unspecified atom stereocenters. The van der Waals surface area contributed by atoms with Crippen LogP contribution < -0.4 is 5.63 Å². The van der Waals surface area contributed by atoms with Crippen LogP contribution in [-0.4, -0.2) is 18.2 Å². The molecule has 88 valence electrons. The lowest BCUT2D eigenvalue weighted by molar-refractivity contribution is 0.0602. The van der Waals surface area contributed by atoms with Crippen molar-refractivity contribution in [2.75, 3.05) is 7.11 Å². The number of phenolic OH excluding ortho intramolecular Hbond substituents is 1. The third-order valence-electron chi connectivity index (χ3n) is 2.37. The van der Waals surface area contributed by atoms with E-state index < -0.39 is 11.6 Å². The Bertz CT molecular complexity index is 654. The van der Waals surface area contributed by atoms with Crippen LogP contribution in [0.1, 0.15) is 15.9 Å². The molecule has 0 amide bonds. The van der Waals surface area contributed by atoms with E-state index in [1.807, 2.05) is 0 Å². The number of hydrogen-bond donors (Lipinski definition) is 1. The van der Waals surface area contributed by atoms with Gasteiger partial charge in [0.15, 0.2) is 0 Å². The van der Waals surface area contributed by atoms with Gasteiger partial charge in [-0.15, -0.1) is 0 Å². The van der Waals surface area contributed by atoms with E-state index >= 15 is 0 Å². The van der Waals surface area contributed by atoms with E-state index in [2.05, 4.69) is 4.74 Å². The highest BCUT2D eigenvalue weighted by molar-refractivity contribution is 6.05. The van der Waals surface area contributed by atoms with Crippen LogP contribution in [0, 0.1) is 6.92 Å². The molecule has 0 bridgehead atoms. The van der Waals surface area contributed by atoms with E-state index in [4.69, 9.17) is 4.42 Å². The zero-order valence-corrected chi connectivity index (χ0v) is 9.31. The number of ether oxygens (including phenoxy) is 1. The Morgan fingerprint density at radius 1 is 1.35 bits per heavy atom. The van der Waals surface area contributed by atoms with Crippen molar-refractivity contribution in [2.24, 2.45) is 0 Å². The number of carbonyl (C=O) groups excluding carboxylic acids is 1. The maximum Gasteiger partial charge on any atom is 0.339 e. The second-order valence-corrected chi connectivity index (χ2v) is 3.63. The summed E-state index contributed by atoms with van der Waals surface area (Å²) >= 11 is 0. The van der Waals surface area contributed by atoms with Gasteiger partial charge in [-0.1, -0.05) is 0 Å². The molecule has 0 fully saturated rings. The van der Waals surface area contributed by atoms with Crippen molar-refractivity contribution in [3.63, 3.8) is 0 Å². The van der Waals surface area contributed by atoms with E-state index in [0.717, 1.165) is 11.6 Å². The molecule has 0 saturated carbocycles. The van der Waals surface area contributed by atoms with Gasteiger partial charge in [0, 0.05) is 6.07 Å². The van der Waals surface area contributed by atoms with Crippen molar-refractivity contribution in [1.82, 2.24) is 0 Å². The van der Waals surface area contributed by atoms with Crippen molar-refractivity contribution in [1.29, 1.82) is 0 Å². The van der Waals surface area contributed by atoms with Crippen molar-refractivity contribution in [3.05, 3.63) is 39.7 Å². The number of methoxy groups -OCH3 is 1. The molecule has 5 heteroatoms. The second kappa shape index (κ2) is 3.93. The third-order valence-corrected chi connectivity index (χ3v) is 2.37. The lowest BCUT2D eigenvalue weighted by Crippen LogP contribution is -2.08. The van der Waals surface area contributed by atoms with Gasteiger partial charge in [-0.05, 0) is 24.6 Å². The molecule has 0 atom stereocenters. The fourth-order valence-corrected chi connectivity index (χ4v) is 1.68. The number of esters is 1. The fourth-order valence-electron chi connectivity index (χ4n) is 1.68. The molecule has 1 aromatic carbocycles. The Labute approximate surface area is 96.2 Å². The van der Waals surface area contributed by atoms with Crippen LogP contribution in [0.15, 0.2) is 27.4 Å². The van der Waals surface area contributed by atoms with Gasteiger partial charge in [0.2, 0.25) is 0 Å². The van der Waals surface area contributed by atoms with Crippen molar-refractivity contribution in [3.8, 4) is 5.75 Å². The molecule has 0 aliphatic heterocycles. The Balaban J connectivity index is 2.92. The Morgan fingerprint density at radius 2 is 2.06 bits per heavy atom. The van der Waals surface area contributed by atoms with Gasteiger partial charge in [0.1, 0.15) is 11.3 Å². The molecular weight excluding hydrogens is 224 g/mol. The van der Waals surface area contributed by atoms with E-state index in [1.165, 1.54) is 13.2 Å². The summed E-state index contributed by atoms with van der Waals surface area (Å²) in [5.41, 5.74) is 0.217. The minimum absolute atomic E-state index is 0.00347. The standard InChI is InChI=1S/C12H10O5/c1-6-3-8(13)11-7(12(15)16-2)5-10(14)17-9(11)4-6/h3-5,13H,1-2H3. The molecular formula is C12H10O5. The van der Waals surface area contributed by atoms with Crippen LogP contribution in [-0.2, 0) is 4.74 Å². The Kier molecular flexibility index (Phi) is 2.59. The lowest BCUT2D eigenvalue weighted by atomic mass is 10.1. The van der Waals surface area contributed by atoms with Crippen LogP contribution >= 0.6 is 0 Å². The summed E-state index contributed by atoms with van der Waals surface area (Å²) in [4.78, 5) is 22.8. The van der Waals surface area contributed by atoms with Gasteiger partial charge in [-0.25, -0.2) is 9.59 Å². The minimum atomic E-state index is -0.693. The number of carbonyl (C=O) groups is 1. The van der Waals surface area contributed by atoms with Crippen LogP contribution in [0.25, 0.3) is 11.0 Å². The Morgan fingerprint density at radius 3 is 2.71 bits per heavy atom. The first-order valence-corrected chi connectivity index (χ1v) is 4.88. The predicted molar refractivity (Wildman–Crippen MR) is 60.2 cm³/mol. The molecule has 17 heavy (non-hydrogen) atoms. The molecule has 1 heterocycles. The van der Waals surface area contributed by atoms with Gasteiger partial charge in [0.25, 0.3) is 0 Å². The zero-order valence-electron chi connectivity index (χ0n) is 9.31. The maximum atomic E-state index is 11.5. The number of aryl methyl sites for hydroxylation is 1. The van der Waals surface area contributed by atoms with Crippen LogP contribution in [0.4, 0.5) is 0 Å². The Hall–Kier alpha value is -2.30. The summed E-state index contributed by atoms with van der Waals surface area (Å²) in [7, 11) is 1.20. The predicted octanol–water partition coefficient (Wildman–Crippen LogP) is 1.59. The van der Waals surface area contributed by atoms with E-state index in [0.29, 0.717) is 0 Å². The molecule has 0 aliphatic carbocycles. The first kappa shape index (κ1) is 11.2. The maximum absolute atomic E-state index is 11.5. The second-order valence-electron chi connectivity index (χ2n) is 3.63. The lowest BCUT2D eigenvalue weighted by Gasteiger charge is -2.06. The number of fused-ring (bicyclic) bond motifs is 1. The fraction of sp³-hybridized carbons (Fsp3) is 0.167. The molecule has 5 nitrogen and oxygen atoms in total. The monoisotopic (exact) mass is 234 g/mol. The van der Waals surface area contributed by atoms with Crippen LogP contribution in [0.5, 0.6) is 5.75 Å². The minimum Gasteiger partial charge on any atom is -0.507 e. The molecule has 0 radical (unpaired) electrons. The van der Waals surface area contributed by atoms with Crippen LogP contribution in [0.2, 0.25) is 0 Å². The first-order valence-electron chi connectivity index (χ1n) is 4.88. The average molecular weight is 234 g/mol. The van der Waals surface area contributed by atoms with E-state index in [9.17, 15) is 14.7 Å². The molecule has 2 aromatic rings. The summed E-state index contributed by atoms with van der Waals surface area (Å²) in [6.45, 7) is 1.74. The largest absolute Gasteiger partial charge is 0.507 e. The number of aromatic hydroxyl groups is 1. The highest BCUT2D eigenvalue weighted by Gasteiger charge is 2.16. The number of rotatable bonds is 1. The number of hydrogen-bond acceptors (Lipinski definition) is 5. The summed E-state index contributed by atoms with van der Waals surface area (Å²) in [5.74, 6) is -0.814. The zero-order chi connectivity index (χ0) is 12.6. The van der Waals surface area contributed by atoms with Gasteiger partial charge in [-0.2, -0.15) is 0 Å².